The summed E-state index contributed by atoms with van der Waals surface area (Å²) < 4.78 is 5.25. The third-order valence-electron chi connectivity index (χ3n) is 2.31. The summed E-state index contributed by atoms with van der Waals surface area (Å²) in [5, 5.41) is 9.87. The molecule has 0 aliphatic rings. The quantitative estimate of drug-likeness (QED) is 0.743. The number of thioether (sulfide) groups is 1. The molecule has 0 bridgehead atoms. The van der Waals surface area contributed by atoms with Gasteiger partial charge in [-0.05, 0) is 23.8 Å². The molecule has 0 spiro atoms. The largest absolute Gasteiger partial charge is 0.496 e. The lowest BCUT2D eigenvalue weighted by molar-refractivity contribution is 0.199. The SMILES string of the molecule is CCCSCC(O)Cc1ccccc1OC. The predicted molar refractivity (Wildman–Crippen MR) is 70.3 cm³/mol. The van der Waals surface area contributed by atoms with Crippen molar-refractivity contribution in [1.82, 2.24) is 0 Å². The minimum Gasteiger partial charge on any atom is -0.496 e. The molecule has 1 aromatic carbocycles. The molecule has 0 fully saturated rings. The van der Waals surface area contributed by atoms with Crippen molar-refractivity contribution in [3.63, 3.8) is 0 Å². The van der Waals surface area contributed by atoms with E-state index in [0.717, 1.165) is 29.2 Å². The van der Waals surface area contributed by atoms with E-state index in [4.69, 9.17) is 4.74 Å². The van der Waals surface area contributed by atoms with Gasteiger partial charge in [-0.3, -0.25) is 0 Å². The van der Waals surface area contributed by atoms with Crippen LogP contribution >= 0.6 is 11.8 Å². The van der Waals surface area contributed by atoms with Gasteiger partial charge in [0.15, 0.2) is 0 Å². The number of hydrogen-bond donors (Lipinski definition) is 1. The molecule has 2 nitrogen and oxygen atoms in total. The Balaban J connectivity index is 2.45. The molecule has 3 heteroatoms. The van der Waals surface area contributed by atoms with Crippen LogP contribution in [-0.2, 0) is 6.42 Å². The third kappa shape index (κ3) is 4.45. The number of para-hydroxylation sites is 1. The number of aliphatic hydroxyl groups excluding tert-OH is 1. The van der Waals surface area contributed by atoms with E-state index in [2.05, 4.69) is 6.92 Å². The normalized spacial score (nSPS) is 12.4. The first kappa shape index (κ1) is 13.4. The van der Waals surface area contributed by atoms with Crippen LogP contribution in [0.4, 0.5) is 0 Å². The number of benzene rings is 1. The van der Waals surface area contributed by atoms with Crippen LogP contribution in [0.25, 0.3) is 0 Å². The standard InChI is InChI=1S/C13H20O2S/c1-3-8-16-10-12(14)9-11-6-4-5-7-13(11)15-2/h4-7,12,14H,3,8-10H2,1-2H3. The van der Waals surface area contributed by atoms with Gasteiger partial charge in [-0.15, -0.1) is 0 Å². The van der Waals surface area contributed by atoms with Gasteiger partial charge in [0, 0.05) is 12.2 Å². The highest BCUT2D eigenvalue weighted by molar-refractivity contribution is 7.99. The molecule has 0 heterocycles. The maximum atomic E-state index is 9.87. The van der Waals surface area contributed by atoms with Gasteiger partial charge in [-0.25, -0.2) is 0 Å². The highest BCUT2D eigenvalue weighted by atomic mass is 32.2. The second-order valence-corrected chi connectivity index (χ2v) is 4.89. The van der Waals surface area contributed by atoms with E-state index >= 15 is 0 Å². The van der Waals surface area contributed by atoms with Crippen LogP contribution in [0, 0.1) is 0 Å². The Labute approximate surface area is 102 Å². The zero-order valence-corrected chi connectivity index (χ0v) is 10.8. The first-order valence-electron chi connectivity index (χ1n) is 5.65. The van der Waals surface area contributed by atoms with E-state index in [1.165, 1.54) is 0 Å². The summed E-state index contributed by atoms with van der Waals surface area (Å²) in [5.74, 6) is 2.77. The van der Waals surface area contributed by atoms with Crippen LogP contribution in [0.1, 0.15) is 18.9 Å². The zero-order valence-electron chi connectivity index (χ0n) is 9.98. The summed E-state index contributed by atoms with van der Waals surface area (Å²) in [6.07, 6.45) is 1.54. The van der Waals surface area contributed by atoms with Crippen molar-refractivity contribution in [1.29, 1.82) is 0 Å². The molecule has 1 atom stereocenters. The Morgan fingerprint density at radius 3 is 2.81 bits per heavy atom. The van der Waals surface area contributed by atoms with Crippen LogP contribution in [0.2, 0.25) is 0 Å². The Morgan fingerprint density at radius 2 is 2.12 bits per heavy atom. The highest BCUT2D eigenvalue weighted by Crippen LogP contribution is 2.20. The average Bonchev–Trinajstić information content (AvgIpc) is 2.30. The second-order valence-electron chi connectivity index (χ2n) is 3.74. The number of aliphatic hydroxyl groups is 1. The molecule has 1 rings (SSSR count). The lowest BCUT2D eigenvalue weighted by Crippen LogP contribution is -2.14. The minimum atomic E-state index is -0.284. The fourth-order valence-electron chi connectivity index (χ4n) is 1.55. The van der Waals surface area contributed by atoms with Gasteiger partial charge in [-0.2, -0.15) is 11.8 Å². The lowest BCUT2D eigenvalue weighted by atomic mass is 10.1. The van der Waals surface area contributed by atoms with E-state index in [1.54, 1.807) is 18.9 Å². The maximum absolute atomic E-state index is 9.87. The molecular formula is C13H20O2S. The van der Waals surface area contributed by atoms with Gasteiger partial charge in [0.1, 0.15) is 5.75 Å². The fraction of sp³-hybridized carbons (Fsp3) is 0.538. The molecule has 0 saturated heterocycles. The molecule has 1 aromatic rings. The summed E-state index contributed by atoms with van der Waals surface area (Å²) in [4.78, 5) is 0. The van der Waals surface area contributed by atoms with E-state index in [9.17, 15) is 5.11 Å². The Hall–Kier alpha value is -0.670. The molecule has 0 aromatic heterocycles. The smallest absolute Gasteiger partial charge is 0.122 e. The molecule has 0 aliphatic carbocycles. The van der Waals surface area contributed by atoms with Gasteiger partial charge >= 0.3 is 0 Å². The zero-order chi connectivity index (χ0) is 11.8. The Morgan fingerprint density at radius 1 is 1.38 bits per heavy atom. The first-order valence-corrected chi connectivity index (χ1v) is 6.81. The second kappa shape index (κ2) is 7.58. The third-order valence-corrected chi connectivity index (χ3v) is 3.62. The van der Waals surface area contributed by atoms with Crippen molar-refractivity contribution in [3.8, 4) is 5.75 Å². The van der Waals surface area contributed by atoms with Crippen molar-refractivity contribution < 1.29 is 9.84 Å². The van der Waals surface area contributed by atoms with Gasteiger partial charge in [0.25, 0.3) is 0 Å². The van der Waals surface area contributed by atoms with Gasteiger partial charge in [0.2, 0.25) is 0 Å². The lowest BCUT2D eigenvalue weighted by Gasteiger charge is -2.12. The van der Waals surface area contributed by atoms with Gasteiger partial charge in [-0.1, -0.05) is 25.1 Å². The molecule has 0 radical (unpaired) electrons. The molecule has 0 amide bonds. The fourth-order valence-corrected chi connectivity index (χ4v) is 2.39. The highest BCUT2D eigenvalue weighted by Gasteiger charge is 2.09. The van der Waals surface area contributed by atoms with E-state index < -0.39 is 0 Å². The molecule has 90 valence electrons. The number of methoxy groups -OCH3 is 1. The van der Waals surface area contributed by atoms with Crippen molar-refractivity contribution in [2.45, 2.75) is 25.9 Å². The van der Waals surface area contributed by atoms with E-state index in [0.29, 0.717) is 6.42 Å². The predicted octanol–water partition coefficient (Wildman–Crippen LogP) is 2.74. The summed E-state index contributed by atoms with van der Waals surface area (Å²) in [6, 6.07) is 7.86. The minimum absolute atomic E-state index is 0.284. The van der Waals surface area contributed by atoms with Crippen LogP contribution in [0.15, 0.2) is 24.3 Å². The number of hydrogen-bond acceptors (Lipinski definition) is 3. The average molecular weight is 240 g/mol. The van der Waals surface area contributed by atoms with E-state index in [1.807, 2.05) is 24.3 Å². The molecule has 1 unspecified atom stereocenters. The Kier molecular flexibility index (Phi) is 6.34. The number of ether oxygens (including phenoxy) is 1. The Bertz CT molecular complexity index is 302. The summed E-state index contributed by atoms with van der Waals surface area (Å²) >= 11 is 1.80. The topological polar surface area (TPSA) is 29.5 Å². The summed E-state index contributed by atoms with van der Waals surface area (Å²) in [7, 11) is 1.66. The van der Waals surface area contributed by atoms with Crippen molar-refractivity contribution >= 4 is 11.8 Å². The monoisotopic (exact) mass is 240 g/mol. The molecule has 0 aliphatic heterocycles. The van der Waals surface area contributed by atoms with Gasteiger partial charge in [0.05, 0.1) is 13.2 Å². The van der Waals surface area contributed by atoms with Gasteiger partial charge < -0.3 is 9.84 Å². The molecule has 1 N–H and O–H groups in total. The van der Waals surface area contributed by atoms with Crippen LogP contribution < -0.4 is 4.74 Å². The summed E-state index contributed by atoms with van der Waals surface area (Å²) in [6.45, 7) is 2.15. The molecule has 0 saturated carbocycles. The molecular weight excluding hydrogens is 220 g/mol. The first-order chi connectivity index (χ1) is 7.77. The maximum Gasteiger partial charge on any atom is 0.122 e. The molecule has 16 heavy (non-hydrogen) atoms. The van der Waals surface area contributed by atoms with Crippen molar-refractivity contribution in [3.05, 3.63) is 29.8 Å². The van der Waals surface area contributed by atoms with Crippen LogP contribution in [0.5, 0.6) is 5.75 Å². The van der Waals surface area contributed by atoms with E-state index in [-0.39, 0.29) is 6.10 Å². The van der Waals surface area contributed by atoms with Crippen molar-refractivity contribution in [2.24, 2.45) is 0 Å². The van der Waals surface area contributed by atoms with Crippen molar-refractivity contribution in [2.75, 3.05) is 18.6 Å². The van der Waals surface area contributed by atoms with Crippen LogP contribution in [-0.4, -0.2) is 29.8 Å². The van der Waals surface area contributed by atoms with Crippen LogP contribution in [0.3, 0.4) is 0 Å². The summed E-state index contributed by atoms with van der Waals surface area (Å²) in [5.41, 5.74) is 1.08. The number of rotatable bonds is 7.